The maximum atomic E-state index is 13.0. The first-order valence-electron chi connectivity index (χ1n) is 11.2. The predicted octanol–water partition coefficient (Wildman–Crippen LogP) is 3.80. The Labute approximate surface area is 213 Å². The summed E-state index contributed by atoms with van der Waals surface area (Å²) in [5, 5.41) is 15.1. The van der Waals surface area contributed by atoms with Crippen molar-refractivity contribution in [3.8, 4) is 11.5 Å². The number of nitrogens with zero attached hydrogens (tertiary/aromatic N) is 2. The van der Waals surface area contributed by atoms with Gasteiger partial charge in [-0.15, -0.1) is 0 Å². The predicted molar refractivity (Wildman–Crippen MR) is 139 cm³/mol. The van der Waals surface area contributed by atoms with Gasteiger partial charge in [-0.25, -0.2) is 0 Å². The second-order valence-corrected chi connectivity index (χ2v) is 8.62. The molecule has 1 unspecified atom stereocenters. The third-order valence-corrected chi connectivity index (χ3v) is 5.92. The number of aromatic nitrogens is 1. The number of phenols is 1. The summed E-state index contributed by atoms with van der Waals surface area (Å²) in [6, 6.07) is 20.5. The fourth-order valence-corrected chi connectivity index (χ4v) is 4.17. The summed E-state index contributed by atoms with van der Waals surface area (Å²) in [5.74, 6) is -0.424. The lowest BCUT2D eigenvalue weighted by atomic mass is 9.95. The van der Waals surface area contributed by atoms with E-state index in [0.717, 1.165) is 0 Å². The summed E-state index contributed by atoms with van der Waals surface area (Å²) >= 11 is 6.53. The lowest BCUT2D eigenvalue weighted by molar-refractivity contribution is -0.123. The number of para-hydroxylation sites is 1. The summed E-state index contributed by atoms with van der Waals surface area (Å²) < 4.78 is 5.60. The van der Waals surface area contributed by atoms with Gasteiger partial charge < -0.3 is 25.8 Å². The number of carbonyl (C=O) groups is 2. The number of hydrogen-bond donors (Lipinski definition) is 3. The van der Waals surface area contributed by atoms with E-state index in [2.05, 4.69) is 10.3 Å². The number of nitrogens with one attached hydrogen (secondary N) is 1. The fraction of sp³-hybridized carbons (Fsp3) is 0.148. The number of primary amides is 1. The molecule has 9 heteroatoms. The second-order valence-electron chi connectivity index (χ2n) is 8.22. The van der Waals surface area contributed by atoms with Crippen LogP contribution in [0.4, 0.5) is 5.69 Å². The highest BCUT2D eigenvalue weighted by Crippen LogP contribution is 2.39. The lowest BCUT2D eigenvalue weighted by Gasteiger charge is -2.24. The number of pyridine rings is 1. The molecule has 0 radical (unpaired) electrons. The number of amides is 2. The molecule has 0 saturated carbocycles. The van der Waals surface area contributed by atoms with Crippen LogP contribution in [0.15, 0.2) is 79.0 Å². The molecular formula is C27H25ClN4O4. The zero-order chi connectivity index (χ0) is 25.7. The Morgan fingerprint density at radius 3 is 2.64 bits per heavy atom. The number of nitrogens with two attached hydrogens (primary N) is 1. The van der Waals surface area contributed by atoms with Gasteiger partial charge in [0.15, 0.2) is 6.61 Å². The Kier molecular flexibility index (Phi) is 7.56. The van der Waals surface area contributed by atoms with Gasteiger partial charge in [0.1, 0.15) is 17.0 Å². The van der Waals surface area contributed by atoms with Crippen LogP contribution in [-0.2, 0) is 9.59 Å². The molecule has 184 valence electrons. The summed E-state index contributed by atoms with van der Waals surface area (Å²) in [5.41, 5.74) is 7.40. The van der Waals surface area contributed by atoms with Gasteiger partial charge in [-0.1, -0.05) is 41.9 Å². The van der Waals surface area contributed by atoms with Crippen LogP contribution in [0, 0.1) is 0 Å². The quantitative estimate of drug-likeness (QED) is 0.319. The van der Waals surface area contributed by atoms with Crippen molar-refractivity contribution in [2.75, 3.05) is 25.1 Å². The number of halogens is 1. The standard InChI is InChI=1S/C27H25ClN4O4/c1-32(15-23(29)33)18-8-5-7-17(13-18)25(31-24(34)16-36-19-9-3-2-4-10-19)21-14-22(28)20-11-6-12-30-26(20)27(21)35/h2-14,25,35H,15-16H2,1H3,(H2,29,33)(H,31,34). The number of fused-ring (bicyclic) bond motifs is 1. The van der Waals surface area contributed by atoms with E-state index in [1.54, 1.807) is 60.6 Å². The highest BCUT2D eigenvalue weighted by molar-refractivity contribution is 6.35. The van der Waals surface area contributed by atoms with Crippen molar-refractivity contribution < 1.29 is 19.4 Å². The number of benzene rings is 3. The van der Waals surface area contributed by atoms with Gasteiger partial charge in [-0.2, -0.15) is 0 Å². The third kappa shape index (κ3) is 5.67. The lowest BCUT2D eigenvalue weighted by Crippen LogP contribution is -2.34. The van der Waals surface area contributed by atoms with Gasteiger partial charge in [-0.3, -0.25) is 14.6 Å². The molecule has 4 rings (SSSR count). The van der Waals surface area contributed by atoms with Crippen LogP contribution >= 0.6 is 11.6 Å². The average Bonchev–Trinajstić information content (AvgIpc) is 2.88. The number of hydrogen-bond acceptors (Lipinski definition) is 6. The summed E-state index contributed by atoms with van der Waals surface area (Å²) in [6.45, 7) is -0.218. The molecule has 0 aliphatic rings. The van der Waals surface area contributed by atoms with E-state index in [9.17, 15) is 14.7 Å². The normalized spacial score (nSPS) is 11.6. The fourth-order valence-electron chi connectivity index (χ4n) is 3.90. The molecule has 0 saturated heterocycles. The highest BCUT2D eigenvalue weighted by atomic mass is 35.5. The van der Waals surface area contributed by atoms with Crippen molar-refractivity contribution in [2.45, 2.75) is 6.04 Å². The number of aromatic hydroxyl groups is 1. The van der Waals surface area contributed by atoms with Gasteiger partial charge in [-0.05, 0) is 48.0 Å². The number of anilines is 1. The number of phenolic OH excluding ortho intramolecular Hbond substituents is 1. The summed E-state index contributed by atoms with van der Waals surface area (Å²) in [7, 11) is 1.74. The Morgan fingerprint density at radius 2 is 1.89 bits per heavy atom. The van der Waals surface area contributed by atoms with Crippen LogP contribution in [0.2, 0.25) is 5.02 Å². The minimum absolute atomic E-state index is 0.0162. The zero-order valence-electron chi connectivity index (χ0n) is 19.5. The van der Waals surface area contributed by atoms with E-state index >= 15 is 0 Å². The van der Waals surface area contributed by atoms with E-state index in [0.29, 0.717) is 38.5 Å². The van der Waals surface area contributed by atoms with Crippen LogP contribution in [0.5, 0.6) is 11.5 Å². The monoisotopic (exact) mass is 504 g/mol. The molecule has 36 heavy (non-hydrogen) atoms. The number of likely N-dealkylation sites (N-methyl/N-ethyl adjacent to an activating group) is 1. The van der Waals surface area contributed by atoms with Crippen molar-refractivity contribution in [3.05, 3.63) is 95.1 Å². The van der Waals surface area contributed by atoms with E-state index in [1.165, 1.54) is 0 Å². The molecule has 3 aromatic carbocycles. The van der Waals surface area contributed by atoms with Gasteiger partial charge >= 0.3 is 0 Å². The van der Waals surface area contributed by atoms with Gasteiger partial charge in [0, 0.05) is 29.9 Å². The number of ether oxygens (including phenoxy) is 1. The van der Waals surface area contributed by atoms with E-state index in [4.69, 9.17) is 22.1 Å². The van der Waals surface area contributed by atoms with Crippen molar-refractivity contribution in [3.63, 3.8) is 0 Å². The molecule has 0 aliphatic carbocycles. The van der Waals surface area contributed by atoms with Crippen LogP contribution in [0.1, 0.15) is 17.2 Å². The first-order valence-corrected chi connectivity index (χ1v) is 11.5. The summed E-state index contributed by atoms with van der Waals surface area (Å²) in [6.07, 6.45) is 1.56. The highest BCUT2D eigenvalue weighted by Gasteiger charge is 2.24. The van der Waals surface area contributed by atoms with Gasteiger partial charge in [0.25, 0.3) is 5.91 Å². The minimum Gasteiger partial charge on any atom is -0.505 e. The Balaban J connectivity index is 1.72. The molecule has 1 aromatic heterocycles. The molecule has 4 N–H and O–H groups in total. The molecule has 4 aromatic rings. The van der Waals surface area contributed by atoms with Crippen molar-refractivity contribution in [1.29, 1.82) is 0 Å². The molecule has 0 aliphatic heterocycles. The second kappa shape index (κ2) is 11.0. The summed E-state index contributed by atoms with van der Waals surface area (Å²) in [4.78, 5) is 30.4. The molecule has 8 nitrogen and oxygen atoms in total. The van der Waals surface area contributed by atoms with Crippen molar-refractivity contribution >= 4 is 40.0 Å². The smallest absolute Gasteiger partial charge is 0.258 e. The van der Waals surface area contributed by atoms with Crippen LogP contribution < -0.4 is 20.7 Å². The topological polar surface area (TPSA) is 118 Å². The molecule has 1 atom stereocenters. The minimum atomic E-state index is -0.789. The first kappa shape index (κ1) is 24.8. The Morgan fingerprint density at radius 1 is 1.11 bits per heavy atom. The van der Waals surface area contributed by atoms with E-state index < -0.39 is 17.9 Å². The van der Waals surface area contributed by atoms with E-state index in [-0.39, 0.29) is 18.9 Å². The van der Waals surface area contributed by atoms with Gasteiger partial charge in [0.05, 0.1) is 17.6 Å². The molecular weight excluding hydrogens is 480 g/mol. The third-order valence-electron chi connectivity index (χ3n) is 5.61. The van der Waals surface area contributed by atoms with Crippen LogP contribution in [0.25, 0.3) is 10.9 Å². The molecule has 0 spiro atoms. The molecule has 0 fully saturated rings. The maximum absolute atomic E-state index is 13.0. The molecule has 2 amide bonds. The molecule has 0 bridgehead atoms. The molecule has 1 heterocycles. The zero-order valence-corrected chi connectivity index (χ0v) is 20.3. The average molecular weight is 505 g/mol. The Hall–Kier alpha value is -4.30. The Bertz CT molecular complexity index is 1400. The van der Waals surface area contributed by atoms with Crippen LogP contribution in [0.3, 0.4) is 0 Å². The number of rotatable bonds is 9. The largest absolute Gasteiger partial charge is 0.505 e. The van der Waals surface area contributed by atoms with E-state index in [1.807, 2.05) is 30.3 Å². The first-order chi connectivity index (χ1) is 17.3. The SMILES string of the molecule is CN(CC(N)=O)c1cccc(C(NC(=O)COc2ccccc2)c2cc(Cl)c3cccnc3c2O)c1. The van der Waals surface area contributed by atoms with Crippen molar-refractivity contribution in [1.82, 2.24) is 10.3 Å². The van der Waals surface area contributed by atoms with Crippen molar-refractivity contribution in [2.24, 2.45) is 5.73 Å². The van der Waals surface area contributed by atoms with Crippen LogP contribution in [-0.4, -0.2) is 42.1 Å². The number of carbonyl (C=O) groups excluding carboxylic acids is 2. The van der Waals surface area contributed by atoms with Gasteiger partial charge in [0.2, 0.25) is 5.91 Å². The maximum Gasteiger partial charge on any atom is 0.258 e.